The number of aromatic amines is 1. The molecule has 1 heterocycles. The van der Waals surface area contributed by atoms with E-state index in [1.54, 1.807) is 0 Å². The van der Waals surface area contributed by atoms with Gasteiger partial charge in [0, 0.05) is 6.04 Å². The Kier molecular flexibility index (Phi) is 6.76. The lowest BCUT2D eigenvalue weighted by molar-refractivity contribution is -0.137. The molecule has 1 aliphatic rings. The Morgan fingerprint density at radius 2 is 1.93 bits per heavy atom. The van der Waals surface area contributed by atoms with Crippen molar-refractivity contribution in [3.63, 3.8) is 0 Å². The van der Waals surface area contributed by atoms with Crippen LogP contribution in [0.3, 0.4) is 0 Å². The van der Waals surface area contributed by atoms with Gasteiger partial charge < -0.3 is 5.32 Å². The Morgan fingerprint density at radius 3 is 2.57 bits per heavy atom. The molecule has 0 saturated heterocycles. The van der Waals surface area contributed by atoms with Gasteiger partial charge in [0.05, 0.1) is 22.8 Å². The third-order valence-corrected chi connectivity index (χ3v) is 6.92. The number of nitrogens with one attached hydrogen (secondary N) is 3. The van der Waals surface area contributed by atoms with Gasteiger partial charge in [-0.3, -0.25) is 15.2 Å². The number of alkyl halides is 3. The van der Waals surface area contributed by atoms with Crippen molar-refractivity contribution >= 4 is 21.7 Å². The number of carbonyl (C=O) groups excluding carboxylic acids is 1. The number of halogens is 3. The van der Waals surface area contributed by atoms with Gasteiger partial charge >= 0.3 is 6.18 Å². The minimum absolute atomic E-state index is 0.0652. The number of aromatic nitrogens is 3. The lowest BCUT2D eigenvalue weighted by Crippen LogP contribution is -2.39. The number of sulfone groups is 1. The van der Waals surface area contributed by atoms with Crippen LogP contribution in [0.4, 0.5) is 19.1 Å². The lowest BCUT2D eigenvalue weighted by atomic mass is 9.87. The Hall–Kier alpha value is -2.47. The summed E-state index contributed by atoms with van der Waals surface area (Å²) in [6.07, 6.45) is -0.670. The molecule has 3 rings (SSSR count). The maximum Gasteiger partial charge on any atom is 0.416 e. The van der Waals surface area contributed by atoms with Gasteiger partial charge in [-0.2, -0.15) is 13.2 Å². The van der Waals surface area contributed by atoms with Crippen molar-refractivity contribution in [2.75, 3.05) is 17.6 Å². The quantitative estimate of drug-likeness (QED) is 0.603. The molecule has 1 aromatic heterocycles. The van der Waals surface area contributed by atoms with Crippen molar-refractivity contribution in [1.29, 1.82) is 0 Å². The number of rotatable bonds is 7. The first-order valence-corrected chi connectivity index (χ1v) is 11.1. The van der Waals surface area contributed by atoms with Crippen molar-refractivity contribution in [2.24, 2.45) is 5.92 Å². The maximum absolute atomic E-state index is 12.9. The SMILES string of the molecule is O=C(CN[C@H]1CC[C@H](CS(=O)(=O)c2cccc(C(F)(F)F)c2)CC1)Nc1nc[nH]n1. The molecule has 1 amide bonds. The number of benzene rings is 1. The molecule has 1 aliphatic carbocycles. The molecule has 1 saturated carbocycles. The largest absolute Gasteiger partial charge is 0.416 e. The summed E-state index contributed by atoms with van der Waals surface area (Å²) in [7, 11) is -3.82. The van der Waals surface area contributed by atoms with Gasteiger partial charge in [0.15, 0.2) is 9.84 Å². The van der Waals surface area contributed by atoms with Crippen LogP contribution in [-0.4, -0.2) is 47.8 Å². The summed E-state index contributed by atoms with van der Waals surface area (Å²) >= 11 is 0. The lowest BCUT2D eigenvalue weighted by Gasteiger charge is -2.29. The Labute approximate surface area is 171 Å². The molecule has 3 N–H and O–H groups in total. The highest BCUT2D eigenvalue weighted by Crippen LogP contribution is 2.32. The second-order valence-electron chi connectivity index (χ2n) is 7.28. The summed E-state index contributed by atoms with van der Waals surface area (Å²) < 4.78 is 63.7. The van der Waals surface area contributed by atoms with E-state index in [1.165, 1.54) is 12.4 Å². The van der Waals surface area contributed by atoms with Crippen molar-refractivity contribution in [1.82, 2.24) is 20.5 Å². The summed E-state index contributed by atoms with van der Waals surface area (Å²) in [5.41, 5.74) is -0.972. The minimum Gasteiger partial charge on any atom is -0.306 e. The standard InChI is InChI=1S/C18H22F3N5O3S/c19-18(20,21)13-2-1-3-15(8-13)30(28,29)10-12-4-6-14(7-5-12)22-9-16(27)25-17-23-11-24-26-17/h1-3,8,11-12,14,22H,4-7,9-10H2,(H2,23,24,25,26,27)/t12-,14-. The minimum atomic E-state index is -4.59. The molecule has 0 atom stereocenters. The number of anilines is 1. The van der Waals surface area contributed by atoms with Crippen LogP contribution in [-0.2, 0) is 20.8 Å². The smallest absolute Gasteiger partial charge is 0.306 e. The molecule has 0 bridgehead atoms. The number of carbonyl (C=O) groups is 1. The fraction of sp³-hybridized carbons (Fsp3) is 0.500. The van der Waals surface area contributed by atoms with Crippen molar-refractivity contribution in [3.05, 3.63) is 36.2 Å². The number of nitrogens with zero attached hydrogens (tertiary/aromatic N) is 2. The summed E-state index contributed by atoms with van der Waals surface area (Å²) in [6.45, 7) is 0.0758. The van der Waals surface area contributed by atoms with Crippen LogP contribution in [0, 0.1) is 5.92 Å². The summed E-state index contributed by atoms with van der Waals surface area (Å²) in [5.74, 6) is -0.425. The molecular formula is C18H22F3N5O3S. The molecule has 164 valence electrons. The van der Waals surface area contributed by atoms with Gasteiger partial charge in [0.2, 0.25) is 11.9 Å². The second-order valence-corrected chi connectivity index (χ2v) is 9.31. The normalized spacial score (nSPS) is 20.1. The van der Waals surface area contributed by atoms with Crippen molar-refractivity contribution in [2.45, 2.75) is 42.8 Å². The molecule has 30 heavy (non-hydrogen) atoms. The van der Waals surface area contributed by atoms with E-state index in [4.69, 9.17) is 0 Å². The highest BCUT2D eigenvalue weighted by molar-refractivity contribution is 7.91. The average molecular weight is 445 g/mol. The maximum atomic E-state index is 12.9. The third-order valence-electron chi connectivity index (χ3n) is 5.04. The van der Waals surface area contributed by atoms with E-state index in [0.29, 0.717) is 31.7 Å². The number of amides is 1. The van der Waals surface area contributed by atoms with Crippen LogP contribution in [0.5, 0.6) is 0 Å². The van der Waals surface area contributed by atoms with Crippen LogP contribution < -0.4 is 10.6 Å². The first-order chi connectivity index (χ1) is 14.1. The van der Waals surface area contributed by atoms with Gasteiger partial charge in [-0.1, -0.05) is 6.07 Å². The fourth-order valence-electron chi connectivity index (χ4n) is 3.48. The number of hydrogen-bond donors (Lipinski definition) is 3. The Bertz CT molecular complexity index is 956. The van der Waals surface area contributed by atoms with E-state index in [-0.39, 0.29) is 41.0 Å². The molecule has 1 aromatic carbocycles. The molecule has 0 spiro atoms. The zero-order valence-electron chi connectivity index (χ0n) is 15.9. The van der Waals surface area contributed by atoms with Crippen LogP contribution >= 0.6 is 0 Å². The summed E-state index contributed by atoms with van der Waals surface area (Å²) in [5, 5.41) is 11.8. The van der Waals surface area contributed by atoms with Crippen LogP contribution in [0.25, 0.3) is 0 Å². The zero-order valence-corrected chi connectivity index (χ0v) is 16.8. The first-order valence-electron chi connectivity index (χ1n) is 9.42. The first kappa shape index (κ1) is 22.2. The van der Waals surface area contributed by atoms with Gasteiger partial charge in [-0.15, -0.1) is 5.10 Å². The topological polar surface area (TPSA) is 117 Å². The van der Waals surface area contributed by atoms with E-state index in [9.17, 15) is 26.4 Å². The molecule has 0 radical (unpaired) electrons. The molecule has 1 fully saturated rings. The predicted molar refractivity (Wildman–Crippen MR) is 102 cm³/mol. The van der Waals surface area contributed by atoms with Gasteiger partial charge in [0.25, 0.3) is 0 Å². The van der Waals surface area contributed by atoms with Crippen LogP contribution in [0.1, 0.15) is 31.2 Å². The average Bonchev–Trinajstić information content (AvgIpc) is 3.20. The van der Waals surface area contributed by atoms with Gasteiger partial charge in [-0.05, 0) is 49.8 Å². The van der Waals surface area contributed by atoms with E-state index in [2.05, 4.69) is 25.8 Å². The van der Waals surface area contributed by atoms with Crippen molar-refractivity contribution < 1.29 is 26.4 Å². The van der Waals surface area contributed by atoms with Crippen LogP contribution in [0.15, 0.2) is 35.5 Å². The van der Waals surface area contributed by atoms with Crippen LogP contribution in [0.2, 0.25) is 0 Å². The fourth-order valence-corrected chi connectivity index (χ4v) is 5.22. The molecule has 8 nitrogen and oxygen atoms in total. The van der Waals surface area contributed by atoms with Crippen molar-refractivity contribution in [3.8, 4) is 0 Å². The number of hydrogen-bond acceptors (Lipinski definition) is 6. The van der Waals surface area contributed by atoms with E-state index >= 15 is 0 Å². The van der Waals surface area contributed by atoms with Gasteiger partial charge in [0.1, 0.15) is 6.33 Å². The molecule has 0 unspecified atom stereocenters. The zero-order chi connectivity index (χ0) is 21.8. The third kappa shape index (κ3) is 6.02. The van der Waals surface area contributed by atoms with E-state index in [0.717, 1.165) is 12.1 Å². The second kappa shape index (κ2) is 9.13. The molecular weight excluding hydrogens is 423 g/mol. The van der Waals surface area contributed by atoms with E-state index < -0.39 is 21.6 Å². The Morgan fingerprint density at radius 1 is 1.20 bits per heavy atom. The summed E-state index contributed by atoms with van der Waals surface area (Å²) in [6, 6.07) is 3.92. The molecule has 2 aromatic rings. The summed E-state index contributed by atoms with van der Waals surface area (Å²) in [4.78, 5) is 15.3. The van der Waals surface area contributed by atoms with Gasteiger partial charge in [-0.25, -0.2) is 13.4 Å². The highest BCUT2D eigenvalue weighted by atomic mass is 32.2. The predicted octanol–water partition coefficient (Wildman–Crippen LogP) is 2.38. The monoisotopic (exact) mass is 445 g/mol. The highest BCUT2D eigenvalue weighted by Gasteiger charge is 2.32. The van der Waals surface area contributed by atoms with E-state index in [1.807, 2.05) is 0 Å². The molecule has 12 heteroatoms. The molecule has 0 aliphatic heterocycles. The number of H-pyrrole nitrogens is 1. The Balaban J connectivity index is 1.47.